The van der Waals surface area contributed by atoms with Gasteiger partial charge in [0.25, 0.3) is 5.91 Å². The van der Waals surface area contributed by atoms with Crippen LogP contribution in [0.25, 0.3) is 10.6 Å². The molecule has 0 radical (unpaired) electrons. The van der Waals surface area contributed by atoms with Gasteiger partial charge in [0, 0.05) is 12.1 Å². The number of thiazole rings is 1. The number of amides is 1. The Morgan fingerprint density at radius 3 is 2.67 bits per heavy atom. The highest BCUT2D eigenvalue weighted by Crippen LogP contribution is 2.29. The Kier molecular flexibility index (Phi) is 4.64. The average molecular weight is 346 g/mol. The summed E-state index contributed by atoms with van der Waals surface area (Å²) in [6.07, 6.45) is -1.30. The summed E-state index contributed by atoms with van der Waals surface area (Å²) in [5.74, 6) is -1.24. The Hall–Kier alpha value is -2.25. The number of ether oxygens (including phenoxy) is 1. The number of carbonyl (C=O) groups excluding carboxylic acids is 1. The molecule has 24 heavy (non-hydrogen) atoms. The first kappa shape index (κ1) is 16.6. The average Bonchev–Trinajstić information content (AvgIpc) is 2.96. The highest BCUT2D eigenvalue weighted by molar-refractivity contribution is 7.17. The zero-order valence-corrected chi connectivity index (χ0v) is 14.2. The second-order valence-electron chi connectivity index (χ2n) is 5.78. The second-order valence-corrected chi connectivity index (χ2v) is 6.78. The number of morpholine rings is 1. The molecular weight excluding hydrogens is 328 g/mol. The molecule has 1 aliphatic rings. The smallest absolute Gasteiger partial charge is 0.334 e. The first-order valence-corrected chi connectivity index (χ1v) is 8.47. The fourth-order valence-corrected chi connectivity index (χ4v) is 3.74. The molecule has 3 rings (SSSR count). The predicted molar refractivity (Wildman–Crippen MR) is 90.2 cm³/mol. The van der Waals surface area contributed by atoms with Crippen molar-refractivity contribution in [3.05, 3.63) is 40.9 Å². The summed E-state index contributed by atoms with van der Waals surface area (Å²) in [7, 11) is 0. The van der Waals surface area contributed by atoms with Crippen LogP contribution < -0.4 is 0 Å². The van der Waals surface area contributed by atoms with E-state index < -0.39 is 12.1 Å². The first-order valence-electron chi connectivity index (χ1n) is 7.66. The van der Waals surface area contributed by atoms with Gasteiger partial charge >= 0.3 is 5.97 Å². The Balaban J connectivity index is 1.85. The molecule has 1 saturated heterocycles. The van der Waals surface area contributed by atoms with E-state index in [1.165, 1.54) is 11.3 Å². The van der Waals surface area contributed by atoms with Crippen LogP contribution >= 0.6 is 11.3 Å². The number of carbonyl (C=O) groups is 2. The fraction of sp³-hybridized carbons (Fsp3) is 0.353. The molecular formula is C17H18N2O4S. The number of aliphatic carboxylic acids is 1. The summed E-state index contributed by atoms with van der Waals surface area (Å²) in [5.41, 5.74) is 1.62. The monoisotopic (exact) mass is 346 g/mol. The molecule has 1 unspecified atom stereocenters. The van der Waals surface area contributed by atoms with E-state index in [4.69, 9.17) is 9.84 Å². The van der Waals surface area contributed by atoms with E-state index in [0.717, 1.165) is 10.6 Å². The lowest BCUT2D eigenvalue weighted by atomic mass is 10.2. The van der Waals surface area contributed by atoms with E-state index in [9.17, 15) is 9.59 Å². The number of aromatic nitrogens is 1. The zero-order chi connectivity index (χ0) is 17.3. The number of carboxylic acids is 1. The summed E-state index contributed by atoms with van der Waals surface area (Å²) < 4.78 is 5.36. The number of carboxylic acid groups (broad SMARTS) is 1. The maximum absolute atomic E-state index is 12.8. The Morgan fingerprint density at radius 1 is 1.29 bits per heavy atom. The molecule has 1 aliphatic heterocycles. The molecule has 0 saturated carbocycles. The van der Waals surface area contributed by atoms with Gasteiger partial charge in [-0.15, -0.1) is 11.3 Å². The molecule has 2 atom stereocenters. The quantitative estimate of drug-likeness (QED) is 0.923. The van der Waals surface area contributed by atoms with Crippen molar-refractivity contribution in [3.63, 3.8) is 0 Å². The molecule has 126 valence electrons. The van der Waals surface area contributed by atoms with Gasteiger partial charge in [-0.25, -0.2) is 9.78 Å². The summed E-state index contributed by atoms with van der Waals surface area (Å²) in [4.78, 5) is 30.6. The third-order valence-corrected chi connectivity index (χ3v) is 5.03. The Morgan fingerprint density at radius 2 is 2.00 bits per heavy atom. The predicted octanol–water partition coefficient (Wildman–Crippen LogP) is 2.43. The van der Waals surface area contributed by atoms with E-state index >= 15 is 0 Å². The summed E-state index contributed by atoms with van der Waals surface area (Å²) >= 11 is 1.33. The van der Waals surface area contributed by atoms with Crippen molar-refractivity contribution in [2.45, 2.75) is 26.1 Å². The SMILES string of the molecule is Cc1nc(-c2ccccc2)sc1C(=O)N1CC(C(=O)O)O[C@H](C)C1. The van der Waals surface area contributed by atoms with Crippen LogP contribution in [0.15, 0.2) is 30.3 Å². The van der Waals surface area contributed by atoms with Crippen LogP contribution in [0.5, 0.6) is 0 Å². The number of nitrogens with zero attached hydrogens (tertiary/aromatic N) is 2. The van der Waals surface area contributed by atoms with Crippen LogP contribution in [-0.2, 0) is 9.53 Å². The molecule has 0 bridgehead atoms. The highest BCUT2D eigenvalue weighted by Gasteiger charge is 2.34. The topological polar surface area (TPSA) is 79.7 Å². The van der Waals surface area contributed by atoms with Crippen molar-refractivity contribution >= 4 is 23.2 Å². The Bertz CT molecular complexity index is 759. The summed E-state index contributed by atoms with van der Waals surface area (Å²) in [5, 5.41) is 9.95. The molecule has 1 fully saturated rings. The number of hydrogen-bond acceptors (Lipinski definition) is 5. The van der Waals surface area contributed by atoms with Crippen molar-refractivity contribution in [1.29, 1.82) is 0 Å². The van der Waals surface area contributed by atoms with E-state index in [2.05, 4.69) is 4.98 Å². The fourth-order valence-electron chi connectivity index (χ4n) is 2.70. The van der Waals surface area contributed by atoms with Gasteiger partial charge in [-0.1, -0.05) is 30.3 Å². The Labute approximate surface area is 143 Å². The van der Waals surface area contributed by atoms with Crippen molar-refractivity contribution in [2.24, 2.45) is 0 Å². The maximum Gasteiger partial charge on any atom is 0.334 e. The van der Waals surface area contributed by atoms with Gasteiger partial charge in [0.05, 0.1) is 18.3 Å². The van der Waals surface area contributed by atoms with Gasteiger partial charge < -0.3 is 14.7 Å². The maximum atomic E-state index is 12.8. The molecule has 1 N–H and O–H groups in total. The van der Waals surface area contributed by atoms with Crippen molar-refractivity contribution in [1.82, 2.24) is 9.88 Å². The van der Waals surface area contributed by atoms with Crippen LogP contribution in [0, 0.1) is 6.92 Å². The number of aryl methyl sites for hydroxylation is 1. The largest absolute Gasteiger partial charge is 0.479 e. The first-order chi connectivity index (χ1) is 11.5. The summed E-state index contributed by atoms with van der Waals surface area (Å²) in [6, 6.07) is 9.67. The van der Waals surface area contributed by atoms with Crippen molar-refractivity contribution in [3.8, 4) is 10.6 Å². The van der Waals surface area contributed by atoms with Crippen LogP contribution in [0.2, 0.25) is 0 Å². The molecule has 0 spiro atoms. The summed E-state index contributed by atoms with van der Waals surface area (Å²) in [6.45, 7) is 4.00. The molecule has 1 amide bonds. The minimum atomic E-state index is -1.05. The number of rotatable bonds is 3. The molecule has 2 aromatic rings. The molecule has 6 nitrogen and oxygen atoms in total. The van der Waals surface area contributed by atoms with E-state index in [1.807, 2.05) is 30.3 Å². The van der Waals surface area contributed by atoms with Crippen LogP contribution in [0.4, 0.5) is 0 Å². The van der Waals surface area contributed by atoms with Gasteiger partial charge in [0.1, 0.15) is 9.88 Å². The van der Waals surface area contributed by atoms with Gasteiger partial charge in [-0.2, -0.15) is 0 Å². The van der Waals surface area contributed by atoms with Crippen molar-refractivity contribution < 1.29 is 19.4 Å². The van der Waals surface area contributed by atoms with E-state index in [1.54, 1.807) is 18.7 Å². The molecule has 7 heteroatoms. The molecule has 1 aromatic heterocycles. The third kappa shape index (κ3) is 3.32. The van der Waals surface area contributed by atoms with Crippen molar-refractivity contribution in [2.75, 3.05) is 13.1 Å². The van der Waals surface area contributed by atoms with Gasteiger partial charge in [-0.05, 0) is 13.8 Å². The van der Waals surface area contributed by atoms with Gasteiger partial charge in [-0.3, -0.25) is 4.79 Å². The van der Waals surface area contributed by atoms with E-state index in [-0.39, 0.29) is 18.6 Å². The lowest BCUT2D eigenvalue weighted by molar-refractivity contribution is -0.160. The zero-order valence-electron chi connectivity index (χ0n) is 13.4. The standard InChI is InChI=1S/C17H18N2O4S/c1-10-8-19(9-13(23-10)17(21)22)16(20)14-11(2)18-15(24-14)12-6-4-3-5-7-12/h3-7,10,13H,8-9H2,1-2H3,(H,21,22)/t10-,13?/m1/s1. The molecule has 2 heterocycles. The molecule has 0 aliphatic carbocycles. The van der Waals surface area contributed by atoms with Gasteiger partial charge in [0.2, 0.25) is 0 Å². The van der Waals surface area contributed by atoms with E-state index in [0.29, 0.717) is 17.1 Å². The number of hydrogen-bond donors (Lipinski definition) is 1. The third-order valence-electron chi connectivity index (χ3n) is 3.83. The van der Waals surface area contributed by atoms with Crippen LogP contribution in [-0.4, -0.2) is 52.2 Å². The van der Waals surface area contributed by atoms with Gasteiger partial charge in [0.15, 0.2) is 6.10 Å². The minimum absolute atomic E-state index is 0.0521. The second kappa shape index (κ2) is 6.70. The highest BCUT2D eigenvalue weighted by atomic mass is 32.1. The minimum Gasteiger partial charge on any atom is -0.479 e. The normalized spacial score (nSPS) is 20.8. The molecule has 1 aromatic carbocycles. The van der Waals surface area contributed by atoms with Crippen LogP contribution in [0.1, 0.15) is 22.3 Å². The lowest BCUT2D eigenvalue weighted by Crippen LogP contribution is -2.51. The number of benzene rings is 1. The van der Waals surface area contributed by atoms with Crippen LogP contribution in [0.3, 0.4) is 0 Å². The lowest BCUT2D eigenvalue weighted by Gasteiger charge is -2.34.